The van der Waals surface area contributed by atoms with Gasteiger partial charge in [-0.25, -0.2) is 0 Å². The van der Waals surface area contributed by atoms with E-state index in [2.05, 4.69) is 6.58 Å². The first kappa shape index (κ1) is 8.55. The van der Waals surface area contributed by atoms with Gasteiger partial charge in [-0.1, -0.05) is 6.58 Å². The Bertz CT molecular complexity index is 201. The molecule has 0 aromatic rings. The summed E-state index contributed by atoms with van der Waals surface area (Å²) in [5.41, 5.74) is 16.0. The summed E-state index contributed by atoms with van der Waals surface area (Å²) < 4.78 is 0. The van der Waals surface area contributed by atoms with Crippen molar-refractivity contribution in [1.29, 1.82) is 0 Å². The fraction of sp³-hybridized carbons (Fsp3) is 0.167. The van der Waals surface area contributed by atoms with Gasteiger partial charge in [0.2, 0.25) is 5.91 Å². The molecule has 0 radical (unpaired) electrons. The lowest BCUT2D eigenvalue weighted by molar-refractivity contribution is -0.114. The maximum absolute atomic E-state index is 10.4. The highest BCUT2D eigenvalue weighted by molar-refractivity contribution is 5.95. The molecule has 0 atom stereocenters. The first-order valence-electron chi connectivity index (χ1n) is 2.67. The Balaban J connectivity index is 4.54. The van der Waals surface area contributed by atoms with E-state index in [0.717, 1.165) is 0 Å². The van der Waals surface area contributed by atoms with E-state index in [0.29, 0.717) is 5.70 Å². The molecule has 56 valence electrons. The SMILES string of the molecule is C=C(C(N)=O)/C(N)=C(/C)N. The smallest absolute Gasteiger partial charge is 0.250 e. The summed E-state index contributed by atoms with van der Waals surface area (Å²) in [6.07, 6.45) is 0. The molecule has 4 nitrogen and oxygen atoms in total. The normalized spacial score (nSPS) is 12.1. The Morgan fingerprint density at radius 3 is 1.80 bits per heavy atom. The van der Waals surface area contributed by atoms with Crippen molar-refractivity contribution in [3.8, 4) is 0 Å². The molecule has 0 spiro atoms. The predicted octanol–water partition coefficient (Wildman–Crippen LogP) is -0.823. The van der Waals surface area contributed by atoms with E-state index < -0.39 is 5.91 Å². The van der Waals surface area contributed by atoms with Gasteiger partial charge in [0.1, 0.15) is 0 Å². The fourth-order valence-electron chi connectivity index (χ4n) is 0.371. The highest BCUT2D eigenvalue weighted by Gasteiger charge is 2.05. The van der Waals surface area contributed by atoms with Gasteiger partial charge in [0, 0.05) is 5.70 Å². The third kappa shape index (κ3) is 1.81. The first-order chi connectivity index (χ1) is 4.46. The number of rotatable bonds is 2. The Labute approximate surface area is 59.4 Å². The number of hydrogen-bond acceptors (Lipinski definition) is 3. The topological polar surface area (TPSA) is 95.1 Å². The van der Waals surface area contributed by atoms with Gasteiger partial charge in [-0.3, -0.25) is 4.79 Å². The molecule has 1 amide bonds. The minimum atomic E-state index is -0.651. The van der Waals surface area contributed by atoms with Gasteiger partial charge in [-0.05, 0) is 6.92 Å². The predicted molar refractivity (Wildman–Crippen MR) is 39.4 cm³/mol. The molecule has 0 saturated heterocycles. The Kier molecular flexibility index (Phi) is 2.49. The van der Waals surface area contributed by atoms with Crippen LogP contribution in [0, 0.1) is 0 Å². The lowest BCUT2D eigenvalue weighted by Crippen LogP contribution is -2.20. The zero-order chi connectivity index (χ0) is 8.31. The minimum absolute atomic E-state index is 0.0556. The highest BCUT2D eigenvalue weighted by atomic mass is 16.1. The molecule has 0 aromatic heterocycles. The number of nitrogens with two attached hydrogens (primary N) is 3. The zero-order valence-corrected chi connectivity index (χ0v) is 5.85. The van der Waals surface area contributed by atoms with Crippen molar-refractivity contribution in [1.82, 2.24) is 0 Å². The average Bonchev–Trinajstić information content (AvgIpc) is 1.84. The van der Waals surface area contributed by atoms with Crippen molar-refractivity contribution < 1.29 is 4.79 Å². The van der Waals surface area contributed by atoms with E-state index in [1.54, 1.807) is 6.92 Å². The van der Waals surface area contributed by atoms with Gasteiger partial charge < -0.3 is 17.2 Å². The second-order valence-corrected chi connectivity index (χ2v) is 1.94. The third-order valence-electron chi connectivity index (χ3n) is 1.05. The van der Waals surface area contributed by atoms with E-state index in [-0.39, 0.29) is 11.3 Å². The molecule has 0 aliphatic carbocycles. The number of primary amides is 1. The Morgan fingerprint density at radius 1 is 1.30 bits per heavy atom. The molecule has 0 heterocycles. The molecule has 0 rings (SSSR count). The molecule has 0 aromatic carbocycles. The van der Waals surface area contributed by atoms with E-state index >= 15 is 0 Å². The standard InChI is InChI=1S/C6H11N3O/c1-3(6(9)10)5(8)4(2)7/h1,7-8H2,2H3,(H2,9,10)/b5-4+. The lowest BCUT2D eigenvalue weighted by Gasteiger charge is -2.02. The molecule has 10 heavy (non-hydrogen) atoms. The van der Waals surface area contributed by atoms with Crippen molar-refractivity contribution in [2.24, 2.45) is 17.2 Å². The Hall–Kier alpha value is -1.45. The summed E-state index contributed by atoms with van der Waals surface area (Å²) in [5, 5.41) is 0. The molecule has 0 saturated carbocycles. The quantitative estimate of drug-likeness (QED) is 0.346. The molecule has 0 fully saturated rings. The fourth-order valence-corrected chi connectivity index (χ4v) is 0.371. The number of carbonyl (C=O) groups excluding carboxylic acids is 1. The molecular weight excluding hydrogens is 130 g/mol. The van der Waals surface area contributed by atoms with E-state index in [9.17, 15) is 4.79 Å². The summed E-state index contributed by atoms with van der Waals surface area (Å²) in [6.45, 7) is 4.91. The first-order valence-corrected chi connectivity index (χ1v) is 2.67. The van der Waals surface area contributed by atoms with Crippen LogP contribution in [0.4, 0.5) is 0 Å². The van der Waals surface area contributed by atoms with Gasteiger partial charge in [0.25, 0.3) is 0 Å². The van der Waals surface area contributed by atoms with Crippen molar-refractivity contribution >= 4 is 5.91 Å². The lowest BCUT2D eigenvalue weighted by atomic mass is 10.2. The van der Waals surface area contributed by atoms with Crippen LogP contribution in [0.1, 0.15) is 6.92 Å². The van der Waals surface area contributed by atoms with Crippen LogP contribution < -0.4 is 17.2 Å². The van der Waals surface area contributed by atoms with Crippen LogP contribution in [0.15, 0.2) is 23.5 Å². The van der Waals surface area contributed by atoms with Crippen LogP contribution in [0.5, 0.6) is 0 Å². The largest absolute Gasteiger partial charge is 0.401 e. The van der Waals surface area contributed by atoms with Crippen LogP contribution in [0.25, 0.3) is 0 Å². The van der Waals surface area contributed by atoms with Gasteiger partial charge in [-0.2, -0.15) is 0 Å². The monoisotopic (exact) mass is 141 g/mol. The molecule has 0 bridgehead atoms. The Morgan fingerprint density at radius 2 is 1.70 bits per heavy atom. The second kappa shape index (κ2) is 2.91. The van der Waals surface area contributed by atoms with Gasteiger partial charge in [0.05, 0.1) is 11.3 Å². The van der Waals surface area contributed by atoms with E-state index in [4.69, 9.17) is 17.2 Å². The van der Waals surface area contributed by atoms with Crippen molar-refractivity contribution in [2.45, 2.75) is 6.92 Å². The van der Waals surface area contributed by atoms with Crippen molar-refractivity contribution in [3.05, 3.63) is 23.5 Å². The zero-order valence-electron chi connectivity index (χ0n) is 5.85. The summed E-state index contributed by atoms with van der Waals surface area (Å²) in [7, 11) is 0. The second-order valence-electron chi connectivity index (χ2n) is 1.94. The third-order valence-corrected chi connectivity index (χ3v) is 1.05. The molecule has 0 aliphatic heterocycles. The van der Waals surface area contributed by atoms with Gasteiger partial charge in [0.15, 0.2) is 0 Å². The van der Waals surface area contributed by atoms with Crippen molar-refractivity contribution in [2.75, 3.05) is 0 Å². The molecule has 0 aliphatic rings. The molecule has 4 heteroatoms. The van der Waals surface area contributed by atoms with Crippen molar-refractivity contribution in [3.63, 3.8) is 0 Å². The maximum atomic E-state index is 10.4. The molecule has 6 N–H and O–H groups in total. The van der Waals surface area contributed by atoms with Gasteiger partial charge >= 0.3 is 0 Å². The summed E-state index contributed by atoms with van der Waals surface area (Å²) in [5.74, 6) is -0.651. The van der Waals surface area contributed by atoms with E-state index in [1.165, 1.54) is 0 Å². The molecule has 0 unspecified atom stereocenters. The number of allylic oxidation sites excluding steroid dienone is 1. The number of carbonyl (C=O) groups is 1. The van der Waals surface area contributed by atoms with Crippen LogP contribution in [0.3, 0.4) is 0 Å². The van der Waals surface area contributed by atoms with Crippen LogP contribution in [-0.4, -0.2) is 5.91 Å². The number of hydrogen-bond donors (Lipinski definition) is 3. The summed E-state index contributed by atoms with van der Waals surface area (Å²) in [6, 6.07) is 0. The summed E-state index contributed by atoms with van der Waals surface area (Å²) >= 11 is 0. The van der Waals surface area contributed by atoms with Crippen LogP contribution in [0.2, 0.25) is 0 Å². The maximum Gasteiger partial charge on any atom is 0.250 e. The summed E-state index contributed by atoms with van der Waals surface area (Å²) in [4.78, 5) is 10.4. The molecular formula is C6H11N3O. The van der Waals surface area contributed by atoms with Crippen LogP contribution >= 0.6 is 0 Å². The van der Waals surface area contributed by atoms with E-state index in [1.807, 2.05) is 0 Å². The average molecular weight is 141 g/mol. The highest BCUT2D eigenvalue weighted by Crippen LogP contribution is 2.01. The minimum Gasteiger partial charge on any atom is -0.401 e. The van der Waals surface area contributed by atoms with Crippen LogP contribution in [-0.2, 0) is 4.79 Å². The van der Waals surface area contributed by atoms with Gasteiger partial charge in [-0.15, -0.1) is 0 Å². The number of amides is 1.